The van der Waals surface area contributed by atoms with Crippen molar-refractivity contribution < 1.29 is 30.7 Å². The average molecular weight is 491 g/mol. The molecule has 3 aliphatic rings. The Balaban J connectivity index is 1.39. The Kier molecular flexibility index (Phi) is 6.79. The van der Waals surface area contributed by atoms with Crippen LogP contribution in [0.25, 0.3) is 0 Å². The van der Waals surface area contributed by atoms with Crippen LogP contribution in [-0.2, 0) is 14.9 Å². The van der Waals surface area contributed by atoms with Crippen molar-refractivity contribution in [3.8, 4) is 0 Å². The zero-order valence-corrected chi connectivity index (χ0v) is 18.4. The summed E-state index contributed by atoms with van der Waals surface area (Å²) in [5, 5.41) is 4.63. The molecule has 3 fully saturated rings. The van der Waals surface area contributed by atoms with E-state index in [9.17, 15) is 0 Å². The van der Waals surface area contributed by atoms with E-state index < -0.39 is 0 Å². The van der Waals surface area contributed by atoms with E-state index >= 15 is 0 Å². The van der Waals surface area contributed by atoms with E-state index in [-0.39, 0.29) is 11.7 Å². The SMILES string of the molecule is Clc1cc(C2(CCCOC3CCCCO3)CCCNC2)ccc1C1C[I-]1. The van der Waals surface area contributed by atoms with Gasteiger partial charge >= 0.3 is 154 Å². The van der Waals surface area contributed by atoms with Gasteiger partial charge in [-0.2, -0.15) is 0 Å². The van der Waals surface area contributed by atoms with Crippen LogP contribution in [0, 0.1) is 0 Å². The molecule has 0 radical (unpaired) electrons. The normalized spacial score (nSPS) is 32.0. The summed E-state index contributed by atoms with van der Waals surface area (Å²) in [6.07, 6.45) is 8.19. The molecule has 3 nitrogen and oxygen atoms in total. The summed E-state index contributed by atoms with van der Waals surface area (Å²) in [4.78, 5) is 0. The molecule has 0 spiro atoms. The molecule has 0 saturated carbocycles. The van der Waals surface area contributed by atoms with Crippen LogP contribution in [0.1, 0.15) is 60.0 Å². The van der Waals surface area contributed by atoms with Gasteiger partial charge in [0.25, 0.3) is 0 Å². The summed E-state index contributed by atoms with van der Waals surface area (Å²) in [7, 11) is 0. The van der Waals surface area contributed by atoms with Crippen molar-refractivity contribution in [2.24, 2.45) is 0 Å². The summed E-state index contributed by atoms with van der Waals surface area (Å²) in [6.45, 7) is 3.84. The Morgan fingerprint density at radius 3 is 2.92 bits per heavy atom. The Labute approximate surface area is 172 Å². The number of hydrogen-bond acceptors (Lipinski definition) is 3. The van der Waals surface area contributed by atoms with E-state index in [1.807, 2.05) is 0 Å². The molecule has 0 aliphatic carbocycles. The maximum absolute atomic E-state index is 6.66. The molecular formula is C21H30ClINO2-. The van der Waals surface area contributed by atoms with Crippen molar-refractivity contribution >= 4 is 11.6 Å². The summed E-state index contributed by atoms with van der Waals surface area (Å²) < 4.78 is 13.9. The number of alkyl halides is 2. The molecule has 1 N–H and O–H groups in total. The van der Waals surface area contributed by atoms with Crippen LogP contribution in [0.4, 0.5) is 0 Å². The molecule has 1 aromatic carbocycles. The molecule has 3 saturated heterocycles. The molecule has 0 aromatic heterocycles. The fraction of sp³-hybridized carbons (Fsp3) is 0.714. The van der Waals surface area contributed by atoms with E-state index in [1.54, 1.807) is 0 Å². The first-order chi connectivity index (χ1) is 12.8. The van der Waals surface area contributed by atoms with Gasteiger partial charge in [-0.25, -0.2) is 0 Å². The quantitative estimate of drug-likeness (QED) is 0.356. The molecule has 0 bridgehead atoms. The Bertz CT molecular complexity index is 596. The molecule has 0 amide bonds. The molecule has 4 rings (SSSR count). The van der Waals surface area contributed by atoms with Crippen LogP contribution in [0.15, 0.2) is 18.2 Å². The van der Waals surface area contributed by atoms with Crippen LogP contribution in [-0.4, -0.2) is 37.0 Å². The van der Waals surface area contributed by atoms with Gasteiger partial charge in [0, 0.05) is 6.61 Å². The van der Waals surface area contributed by atoms with Crippen LogP contribution in [0.3, 0.4) is 0 Å². The van der Waals surface area contributed by atoms with Gasteiger partial charge in [0.2, 0.25) is 0 Å². The first-order valence-electron chi connectivity index (χ1n) is 10.1. The van der Waals surface area contributed by atoms with Gasteiger partial charge in [0.05, 0.1) is 0 Å². The molecule has 3 unspecified atom stereocenters. The summed E-state index contributed by atoms with van der Waals surface area (Å²) in [5.41, 5.74) is 3.03. The van der Waals surface area contributed by atoms with E-state index in [0.717, 1.165) is 54.5 Å². The first kappa shape index (κ1) is 19.4. The second kappa shape index (κ2) is 9.08. The third kappa shape index (κ3) is 4.75. The van der Waals surface area contributed by atoms with Crippen molar-refractivity contribution in [3.05, 3.63) is 34.3 Å². The average Bonchev–Trinajstić information content (AvgIpc) is 3.52. The third-order valence-electron chi connectivity index (χ3n) is 5.97. The van der Waals surface area contributed by atoms with Gasteiger partial charge in [-0.05, 0) is 12.8 Å². The predicted octanol–water partition coefficient (Wildman–Crippen LogP) is 1.43. The van der Waals surface area contributed by atoms with Gasteiger partial charge in [-0.3, -0.25) is 0 Å². The standard InChI is InChI=1S/C21H30ClINO2/c22-18-13-16(6-7-17(18)19-14-23-19)21(8-3-10-24-15-21)9-4-12-26-20-5-1-2-11-25-20/h6-7,13,19-20,24H,1-5,8-12,14-15H2/q-1. The molecule has 3 atom stereocenters. The number of piperidine rings is 1. The van der Waals surface area contributed by atoms with Crippen molar-refractivity contribution in [1.82, 2.24) is 5.32 Å². The number of rotatable bonds is 7. The number of hydrogen-bond donors (Lipinski definition) is 1. The summed E-state index contributed by atoms with van der Waals surface area (Å²) in [6, 6.07) is 6.95. The minimum atomic E-state index is 0.0275. The van der Waals surface area contributed by atoms with Crippen LogP contribution < -0.4 is 26.5 Å². The molecule has 3 aliphatic heterocycles. The van der Waals surface area contributed by atoms with Crippen LogP contribution in [0.5, 0.6) is 0 Å². The number of ether oxygens (including phenoxy) is 2. The predicted molar refractivity (Wildman–Crippen MR) is 102 cm³/mol. The number of benzene rings is 1. The van der Waals surface area contributed by atoms with Crippen LogP contribution >= 0.6 is 11.6 Å². The van der Waals surface area contributed by atoms with Crippen molar-refractivity contribution in [1.29, 1.82) is 0 Å². The summed E-state index contributed by atoms with van der Waals surface area (Å²) >= 11 is 7.06. The van der Waals surface area contributed by atoms with E-state index in [4.69, 9.17) is 21.1 Å². The maximum atomic E-state index is 6.66. The summed E-state index contributed by atoms with van der Waals surface area (Å²) in [5.74, 6) is 0. The second-order valence-corrected chi connectivity index (χ2v) is 11.5. The molecule has 146 valence electrons. The number of halogens is 2. The monoisotopic (exact) mass is 490 g/mol. The van der Waals surface area contributed by atoms with E-state index in [2.05, 4.69) is 23.5 Å². The van der Waals surface area contributed by atoms with Crippen LogP contribution in [0.2, 0.25) is 5.02 Å². The van der Waals surface area contributed by atoms with Crippen molar-refractivity contribution in [2.75, 3.05) is 30.7 Å². The van der Waals surface area contributed by atoms with Gasteiger partial charge in [0.1, 0.15) is 0 Å². The van der Waals surface area contributed by atoms with Gasteiger partial charge in [0.15, 0.2) is 0 Å². The molecule has 26 heavy (non-hydrogen) atoms. The number of nitrogens with one attached hydrogen (secondary N) is 1. The molecule has 5 heteroatoms. The Morgan fingerprint density at radius 1 is 1.31 bits per heavy atom. The minimum absolute atomic E-state index is 0.0275. The molecule has 1 aromatic rings. The van der Waals surface area contributed by atoms with Crippen molar-refractivity contribution in [2.45, 2.75) is 60.6 Å². The fourth-order valence-corrected chi connectivity index (χ4v) is 6.60. The Hall–Kier alpha value is 0.120. The Morgan fingerprint density at radius 2 is 2.23 bits per heavy atom. The third-order valence-corrected chi connectivity index (χ3v) is 8.73. The second-order valence-electron chi connectivity index (χ2n) is 7.84. The topological polar surface area (TPSA) is 30.5 Å². The van der Waals surface area contributed by atoms with Gasteiger partial charge in [-0.1, -0.05) is 0 Å². The fourth-order valence-electron chi connectivity index (χ4n) is 4.36. The molecule has 3 heterocycles. The van der Waals surface area contributed by atoms with Crippen molar-refractivity contribution in [3.63, 3.8) is 0 Å². The van der Waals surface area contributed by atoms with Gasteiger partial charge in [-0.15, -0.1) is 0 Å². The van der Waals surface area contributed by atoms with E-state index in [1.165, 1.54) is 41.2 Å². The molecular weight excluding hydrogens is 461 g/mol. The van der Waals surface area contributed by atoms with Gasteiger partial charge < -0.3 is 0 Å². The van der Waals surface area contributed by atoms with E-state index in [0.29, 0.717) is 21.2 Å². The zero-order valence-electron chi connectivity index (χ0n) is 15.4. The first-order valence-corrected chi connectivity index (χ1v) is 13.2. The zero-order chi connectivity index (χ0) is 17.8.